The van der Waals surface area contributed by atoms with Crippen molar-refractivity contribution >= 4 is 0 Å². The van der Waals surface area contributed by atoms with Gasteiger partial charge in [-0.2, -0.15) is 0 Å². The highest BCUT2D eigenvalue weighted by atomic mass is 16.7. The Morgan fingerprint density at radius 2 is 2.21 bits per heavy atom. The second kappa shape index (κ2) is 5.66. The van der Waals surface area contributed by atoms with Gasteiger partial charge in [-0.05, 0) is 13.3 Å². The third-order valence-electron chi connectivity index (χ3n) is 2.46. The van der Waals surface area contributed by atoms with Crippen molar-refractivity contribution in [3.63, 3.8) is 0 Å². The van der Waals surface area contributed by atoms with Crippen LogP contribution in [0.25, 0.3) is 0 Å². The Kier molecular flexibility index (Phi) is 4.81. The zero-order chi connectivity index (χ0) is 10.6. The Morgan fingerprint density at radius 3 is 2.79 bits per heavy atom. The van der Waals surface area contributed by atoms with Crippen molar-refractivity contribution in [2.24, 2.45) is 0 Å². The van der Waals surface area contributed by atoms with Crippen LogP contribution in [0.2, 0.25) is 0 Å². The van der Waals surface area contributed by atoms with Crippen LogP contribution < -0.4 is 0 Å². The Balaban J connectivity index is 2.41. The molecular formula is C10H20O4. The minimum absolute atomic E-state index is 0.180. The molecule has 4 nitrogen and oxygen atoms in total. The normalized spacial score (nSPS) is 38.6. The largest absolute Gasteiger partial charge is 0.388 e. The van der Waals surface area contributed by atoms with E-state index in [0.717, 1.165) is 6.42 Å². The highest BCUT2D eigenvalue weighted by Crippen LogP contribution is 2.22. The third kappa shape index (κ3) is 2.92. The molecule has 0 amide bonds. The first-order valence-electron chi connectivity index (χ1n) is 5.17. The van der Waals surface area contributed by atoms with E-state index in [1.165, 1.54) is 0 Å². The summed E-state index contributed by atoms with van der Waals surface area (Å²) in [6, 6.07) is 0. The molecule has 0 bridgehead atoms. The molecule has 0 aromatic carbocycles. The molecule has 0 aromatic rings. The molecule has 0 unspecified atom stereocenters. The van der Waals surface area contributed by atoms with Gasteiger partial charge in [0.2, 0.25) is 0 Å². The highest BCUT2D eigenvalue weighted by Gasteiger charge is 2.35. The van der Waals surface area contributed by atoms with Crippen LogP contribution in [0.1, 0.15) is 26.7 Å². The Morgan fingerprint density at radius 1 is 1.50 bits per heavy atom. The fraction of sp³-hybridized carbons (Fsp3) is 1.00. The molecule has 1 N–H and O–H groups in total. The number of hydrogen-bond donors (Lipinski definition) is 1. The zero-order valence-electron chi connectivity index (χ0n) is 9.10. The molecule has 4 atom stereocenters. The van der Waals surface area contributed by atoms with Gasteiger partial charge in [0, 0.05) is 20.1 Å². The lowest BCUT2D eigenvalue weighted by Crippen LogP contribution is -2.48. The van der Waals surface area contributed by atoms with Crippen LogP contribution in [0.5, 0.6) is 0 Å². The molecule has 0 radical (unpaired) electrons. The maximum atomic E-state index is 9.68. The van der Waals surface area contributed by atoms with E-state index in [1.54, 1.807) is 7.11 Å². The fourth-order valence-corrected chi connectivity index (χ4v) is 1.60. The van der Waals surface area contributed by atoms with Gasteiger partial charge in [0.1, 0.15) is 6.10 Å². The number of aliphatic hydroxyl groups is 1. The van der Waals surface area contributed by atoms with Gasteiger partial charge >= 0.3 is 0 Å². The summed E-state index contributed by atoms with van der Waals surface area (Å²) >= 11 is 0. The van der Waals surface area contributed by atoms with Crippen LogP contribution in [0.15, 0.2) is 0 Å². The van der Waals surface area contributed by atoms with E-state index >= 15 is 0 Å². The molecule has 1 rings (SSSR count). The van der Waals surface area contributed by atoms with Gasteiger partial charge in [0.15, 0.2) is 6.29 Å². The van der Waals surface area contributed by atoms with Crippen LogP contribution >= 0.6 is 0 Å². The smallest absolute Gasteiger partial charge is 0.160 e. The molecular weight excluding hydrogens is 184 g/mol. The monoisotopic (exact) mass is 204 g/mol. The van der Waals surface area contributed by atoms with Gasteiger partial charge in [-0.3, -0.25) is 0 Å². The Hall–Kier alpha value is -0.160. The predicted molar refractivity (Wildman–Crippen MR) is 52.0 cm³/mol. The van der Waals surface area contributed by atoms with Gasteiger partial charge < -0.3 is 19.3 Å². The molecule has 1 fully saturated rings. The fourth-order valence-electron chi connectivity index (χ4n) is 1.60. The van der Waals surface area contributed by atoms with Crippen LogP contribution in [0, 0.1) is 0 Å². The van der Waals surface area contributed by atoms with Crippen molar-refractivity contribution in [3.05, 3.63) is 0 Å². The van der Waals surface area contributed by atoms with Crippen LogP contribution in [0.4, 0.5) is 0 Å². The van der Waals surface area contributed by atoms with Crippen LogP contribution in [-0.2, 0) is 14.2 Å². The van der Waals surface area contributed by atoms with E-state index in [0.29, 0.717) is 13.0 Å². The van der Waals surface area contributed by atoms with Gasteiger partial charge in [0.05, 0.1) is 12.2 Å². The minimum atomic E-state index is -0.554. The van der Waals surface area contributed by atoms with Crippen molar-refractivity contribution in [2.45, 2.75) is 51.3 Å². The Labute approximate surface area is 85.2 Å². The van der Waals surface area contributed by atoms with Crippen molar-refractivity contribution in [1.82, 2.24) is 0 Å². The van der Waals surface area contributed by atoms with Crippen molar-refractivity contribution in [1.29, 1.82) is 0 Å². The summed E-state index contributed by atoms with van der Waals surface area (Å²) in [5, 5.41) is 9.68. The lowest BCUT2D eigenvalue weighted by atomic mass is 10.0. The maximum absolute atomic E-state index is 9.68. The Bertz CT molecular complexity index is 162. The molecule has 0 spiro atoms. The number of aliphatic hydroxyl groups excluding tert-OH is 1. The summed E-state index contributed by atoms with van der Waals surface area (Å²) in [5.41, 5.74) is 0. The SMILES string of the molecule is CCCO[C@H]1C[C@H](OC)[C@H](O)[C@@H](C)O1. The first kappa shape index (κ1) is 11.9. The standard InChI is InChI=1S/C10H20O4/c1-4-5-13-9-6-8(12-3)10(11)7(2)14-9/h7-11H,4-6H2,1-3H3/t7-,8+,9-,10-/m1/s1. The molecule has 84 valence electrons. The quantitative estimate of drug-likeness (QED) is 0.740. The van der Waals surface area contributed by atoms with Crippen LogP contribution in [-0.4, -0.2) is 43.4 Å². The number of ether oxygens (including phenoxy) is 3. The first-order chi connectivity index (χ1) is 6.69. The van der Waals surface area contributed by atoms with E-state index in [-0.39, 0.29) is 18.5 Å². The molecule has 4 heteroatoms. The lowest BCUT2D eigenvalue weighted by Gasteiger charge is -2.36. The molecule has 0 aromatic heterocycles. The number of hydrogen-bond acceptors (Lipinski definition) is 4. The number of rotatable bonds is 4. The van der Waals surface area contributed by atoms with Gasteiger partial charge in [-0.1, -0.05) is 6.92 Å². The predicted octanol–water partition coefficient (Wildman–Crippen LogP) is 0.924. The minimum Gasteiger partial charge on any atom is -0.388 e. The summed E-state index contributed by atoms with van der Waals surface area (Å²) < 4.78 is 16.1. The molecule has 1 aliphatic heterocycles. The van der Waals surface area contributed by atoms with Crippen molar-refractivity contribution in [2.75, 3.05) is 13.7 Å². The van der Waals surface area contributed by atoms with Gasteiger partial charge in [-0.25, -0.2) is 0 Å². The summed E-state index contributed by atoms with van der Waals surface area (Å²) in [7, 11) is 1.60. The average Bonchev–Trinajstić information content (AvgIpc) is 2.19. The van der Waals surface area contributed by atoms with Gasteiger partial charge in [0.25, 0.3) is 0 Å². The van der Waals surface area contributed by atoms with Crippen molar-refractivity contribution < 1.29 is 19.3 Å². The summed E-state index contributed by atoms with van der Waals surface area (Å²) in [4.78, 5) is 0. The summed E-state index contributed by atoms with van der Waals surface area (Å²) in [6.07, 6.45) is 0.368. The zero-order valence-corrected chi connectivity index (χ0v) is 9.10. The summed E-state index contributed by atoms with van der Waals surface area (Å²) in [5.74, 6) is 0. The molecule has 0 aliphatic carbocycles. The average molecular weight is 204 g/mol. The molecule has 0 saturated carbocycles. The topological polar surface area (TPSA) is 47.9 Å². The van der Waals surface area contributed by atoms with E-state index < -0.39 is 6.10 Å². The second-order valence-electron chi connectivity index (χ2n) is 3.64. The van der Waals surface area contributed by atoms with E-state index in [9.17, 15) is 5.11 Å². The van der Waals surface area contributed by atoms with Crippen molar-refractivity contribution in [3.8, 4) is 0 Å². The van der Waals surface area contributed by atoms with E-state index in [2.05, 4.69) is 6.92 Å². The third-order valence-corrected chi connectivity index (χ3v) is 2.46. The highest BCUT2D eigenvalue weighted by molar-refractivity contribution is 4.81. The maximum Gasteiger partial charge on any atom is 0.160 e. The lowest BCUT2D eigenvalue weighted by molar-refractivity contribution is -0.249. The van der Waals surface area contributed by atoms with E-state index in [4.69, 9.17) is 14.2 Å². The molecule has 14 heavy (non-hydrogen) atoms. The van der Waals surface area contributed by atoms with Crippen LogP contribution in [0.3, 0.4) is 0 Å². The first-order valence-corrected chi connectivity index (χ1v) is 5.17. The van der Waals surface area contributed by atoms with E-state index in [1.807, 2.05) is 6.92 Å². The molecule has 1 heterocycles. The summed E-state index contributed by atoms with van der Waals surface area (Å²) in [6.45, 7) is 4.57. The number of methoxy groups -OCH3 is 1. The molecule has 1 aliphatic rings. The van der Waals surface area contributed by atoms with Gasteiger partial charge in [-0.15, -0.1) is 0 Å². The molecule has 1 saturated heterocycles. The second-order valence-corrected chi connectivity index (χ2v) is 3.64.